The molecule has 0 aliphatic heterocycles. The van der Waals surface area contributed by atoms with Crippen molar-refractivity contribution >= 4 is 11.8 Å². The number of hydrogen-bond donors (Lipinski definition) is 2. The van der Waals surface area contributed by atoms with E-state index in [2.05, 4.69) is 15.8 Å². The second-order valence-corrected chi connectivity index (χ2v) is 4.84. The van der Waals surface area contributed by atoms with Crippen molar-refractivity contribution in [3.8, 4) is 0 Å². The van der Waals surface area contributed by atoms with Crippen molar-refractivity contribution < 1.29 is 9.32 Å². The highest BCUT2D eigenvalue weighted by atomic mass is 16.5. The van der Waals surface area contributed by atoms with Gasteiger partial charge < -0.3 is 4.52 Å². The smallest absolute Gasteiger partial charge is 0.243 e. The average molecular weight is 273 g/mol. The topological polar surface area (TPSA) is 67.2 Å². The molecule has 0 radical (unpaired) electrons. The van der Waals surface area contributed by atoms with Crippen molar-refractivity contribution in [3.63, 3.8) is 0 Å². The van der Waals surface area contributed by atoms with E-state index in [4.69, 9.17) is 4.52 Å². The lowest BCUT2D eigenvalue weighted by Crippen LogP contribution is -2.39. The van der Waals surface area contributed by atoms with Gasteiger partial charge in [0.1, 0.15) is 0 Å². The van der Waals surface area contributed by atoms with Crippen LogP contribution in [-0.2, 0) is 4.79 Å². The number of nitrogens with one attached hydrogen (secondary N) is 2. The predicted octanol–water partition coefficient (Wildman–Crippen LogP) is 2.66. The van der Waals surface area contributed by atoms with Gasteiger partial charge in [-0.1, -0.05) is 35.5 Å². The van der Waals surface area contributed by atoms with Crippen LogP contribution in [-0.4, -0.2) is 17.1 Å². The molecule has 5 nitrogen and oxygen atoms in total. The third-order valence-electron chi connectivity index (χ3n) is 3.07. The summed E-state index contributed by atoms with van der Waals surface area (Å²) in [6.07, 6.45) is 0. The van der Waals surface area contributed by atoms with Crippen molar-refractivity contribution in [3.05, 3.63) is 47.7 Å². The van der Waals surface area contributed by atoms with Crippen LogP contribution < -0.4 is 10.6 Å². The number of amides is 1. The molecule has 1 amide bonds. The van der Waals surface area contributed by atoms with Crippen LogP contribution >= 0.6 is 0 Å². The van der Waals surface area contributed by atoms with Gasteiger partial charge in [-0.15, -0.1) is 0 Å². The summed E-state index contributed by atoms with van der Waals surface area (Å²) in [7, 11) is 0. The fourth-order valence-corrected chi connectivity index (χ4v) is 1.94. The zero-order chi connectivity index (χ0) is 14.5. The summed E-state index contributed by atoms with van der Waals surface area (Å²) in [5.41, 5.74) is 1.88. The highest BCUT2D eigenvalue weighted by Gasteiger charge is 2.17. The summed E-state index contributed by atoms with van der Waals surface area (Å²) in [4.78, 5) is 12.0. The third kappa shape index (κ3) is 3.68. The molecular weight excluding hydrogens is 254 g/mol. The van der Waals surface area contributed by atoms with Crippen LogP contribution in [0.5, 0.6) is 0 Å². The highest BCUT2D eigenvalue weighted by Crippen LogP contribution is 2.13. The van der Waals surface area contributed by atoms with Gasteiger partial charge in [-0.25, -0.2) is 0 Å². The number of carbonyl (C=O) groups is 1. The number of carbonyl (C=O) groups excluding carboxylic acids is 1. The number of anilines is 1. The van der Waals surface area contributed by atoms with Gasteiger partial charge in [0.25, 0.3) is 0 Å². The van der Waals surface area contributed by atoms with Gasteiger partial charge in [0.05, 0.1) is 11.7 Å². The van der Waals surface area contributed by atoms with Crippen LogP contribution in [0, 0.1) is 6.92 Å². The molecule has 0 spiro atoms. The van der Waals surface area contributed by atoms with E-state index in [0.29, 0.717) is 5.88 Å². The molecule has 2 aromatic rings. The highest BCUT2D eigenvalue weighted by molar-refractivity contribution is 5.93. The lowest BCUT2D eigenvalue weighted by molar-refractivity contribution is -0.118. The van der Waals surface area contributed by atoms with Crippen LogP contribution in [0.15, 0.2) is 40.9 Å². The van der Waals surface area contributed by atoms with Crippen LogP contribution in [0.4, 0.5) is 5.88 Å². The molecule has 0 bridgehead atoms. The molecule has 0 saturated heterocycles. The van der Waals surface area contributed by atoms with Gasteiger partial charge in [0, 0.05) is 12.1 Å². The number of aryl methyl sites for hydroxylation is 1. The van der Waals surface area contributed by atoms with Gasteiger partial charge in [0.2, 0.25) is 11.8 Å². The zero-order valence-corrected chi connectivity index (χ0v) is 11.9. The molecule has 2 atom stereocenters. The first-order chi connectivity index (χ1) is 9.56. The van der Waals surface area contributed by atoms with E-state index in [0.717, 1.165) is 11.3 Å². The summed E-state index contributed by atoms with van der Waals surface area (Å²) in [6.45, 7) is 5.65. The van der Waals surface area contributed by atoms with E-state index >= 15 is 0 Å². The van der Waals surface area contributed by atoms with E-state index in [9.17, 15) is 4.79 Å². The number of nitrogens with zero attached hydrogens (tertiary/aromatic N) is 1. The molecule has 106 valence electrons. The van der Waals surface area contributed by atoms with Crippen LogP contribution in [0.1, 0.15) is 31.1 Å². The molecule has 2 rings (SSSR count). The monoisotopic (exact) mass is 273 g/mol. The summed E-state index contributed by atoms with van der Waals surface area (Å²) in [5, 5.41) is 9.66. The Bertz CT molecular complexity index is 566. The standard InChI is InChI=1S/C15H19N3O2/c1-10-9-14(20-18-10)17-15(19)12(3)16-11(2)13-7-5-4-6-8-13/h4-9,11-12,16H,1-3H3,(H,17,19)/t11-,12-/m1/s1. The zero-order valence-electron chi connectivity index (χ0n) is 11.9. The molecule has 0 saturated carbocycles. The molecule has 0 fully saturated rings. The van der Waals surface area contributed by atoms with Crippen molar-refractivity contribution in [1.29, 1.82) is 0 Å². The average Bonchev–Trinajstić information content (AvgIpc) is 2.85. The Kier molecular flexibility index (Phi) is 4.53. The second-order valence-electron chi connectivity index (χ2n) is 4.84. The number of rotatable bonds is 5. The SMILES string of the molecule is Cc1cc(NC(=O)[C@@H](C)N[C@H](C)c2ccccc2)on1. The fraction of sp³-hybridized carbons (Fsp3) is 0.333. The van der Waals surface area contributed by atoms with Crippen LogP contribution in [0.25, 0.3) is 0 Å². The third-order valence-corrected chi connectivity index (χ3v) is 3.07. The largest absolute Gasteiger partial charge is 0.338 e. The lowest BCUT2D eigenvalue weighted by Gasteiger charge is -2.19. The Balaban J connectivity index is 1.91. The molecule has 0 aliphatic rings. The number of hydrogen-bond acceptors (Lipinski definition) is 4. The first-order valence-electron chi connectivity index (χ1n) is 6.61. The molecule has 0 unspecified atom stereocenters. The first kappa shape index (κ1) is 14.3. The quantitative estimate of drug-likeness (QED) is 0.879. The minimum absolute atomic E-state index is 0.0911. The number of benzene rings is 1. The first-order valence-corrected chi connectivity index (χ1v) is 6.61. The van der Waals surface area contributed by atoms with Gasteiger partial charge >= 0.3 is 0 Å². The normalized spacial score (nSPS) is 13.8. The second kappa shape index (κ2) is 6.34. The molecule has 1 aromatic carbocycles. The fourth-order valence-electron chi connectivity index (χ4n) is 1.94. The van der Waals surface area contributed by atoms with E-state index in [-0.39, 0.29) is 18.0 Å². The van der Waals surface area contributed by atoms with Crippen molar-refractivity contribution in [1.82, 2.24) is 10.5 Å². The molecule has 5 heteroatoms. The maximum absolute atomic E-state index is 12.0. The Morgan fingerprint density at radius 2 is 1.95 bits per heavy atom. The van der Waals surface area contributed by atoms with Crippen LogP contribution in [0.2, 0.25) is 0 Å². The Morgan fingerprint density at radius 1 is 1.25 bits per heavy atom. The summed E-state index contributed by atoms with van der Waals surface area (Å²) < 4.78 is 4.96. The van der Waals surface area contributed by atoms with E-state index < -0.39 is 0 Å². The molecular formula is C15H19N3O2. The van der Waals surface area contributed by atoms with E-state index in [1.165, 1.54) is 0 Å². The summed E-state index contributed by atoms with van der Waals surface area (Å²) in [5.74, 6) is 0.220. The van der Waals surface area contributed by atoms with E-state index in [1.807, 2.05) is 44.2 Å². The summed E-state index contributed by atoms with van der Waals surface area (Å²) in [6, 6.07) is 11.4. The molecule has 1 heterocycles. The van der Waals surface area contributed by atoms with Crippen molar-refractivity contribution in [2.24, 2.45) is 0 Å². The summed E-state index contributed by atoms with van der Waals surface area (Å²) >= 11 is 0. The van der Waals surface area contributed by atoms with Gasteiger partial charge in [0.15, 0.2) is 0 Å². The lowest BCUT2D eigenvalue weighted by atomic mass is 10.1. The predicted molar refractivity (Wildman–Crippen MR) is 77.3 cm³/mol. The maximum atomic E-state index is 12.0. The van der Waals surface area contributed by atoms with Gasteiger partial charge in [-0.05, 0) is 26.3 Å². The minimum Gasteiger partial charge on any atom is -0.338 e. The van der Waals surface area contributed by atoms with Crippen molar-refractivity contribution in [2.75, 3.05) is 5.32 Å². The van der Waals surface area contributed by atoms with Gasteiger partial charge in [-0.3, -0.25) is 15.4 Å². The molecule has 1 aromatic heterocycles. The van der Waals surface area contributed by atoms with E-state index in [1.54, 1.807) is 13.0 Å². The Morgan fingerprint density at radius 3 is 2.55 bits per heavy atom. The van der Waals surface area contributed by atoms with Crippen molar-refractivity contribution in [2.45, 2.75) is 32.9 Å². The Hall–Kier alpha value is -2.14. The Labute approximate surface area is 118 Å². The molecule has 20 heavy (non-hydrogen) atoms. The van der Waals surface area contributed by atoms with Crippen LogP contribution in [0.3, 0.4) is 0 Å². The number of aromatic nitrogens is 1. The van der Waals surface area contributed by atoms with Gasteiger partial charge in [-0.2, -0.15) is 0 Å². The maximum Gasteiger partial charge on any atom is 0.243 e. The minimum atomic E-state index is -0.337. The molecule has 0 aliphatic carbocycles. The molecule has 2 N–H and O–H groups in total.